The highest BCUT2D eigenvalue weighted by atomic mass is 16.3. The van der Waals surface area contributed by atoms with Crippen LogP contribution >= 0.6 is 0 Å². The maximum absolute atomic E-state index is 7.01. The molecule has 0 amide bonds. The Balaban J connectivity index is 1.14. The molecule has 65 heavy (non-hydrogen) atoms. The third-order valence-corrected chi connectivity index (χ3v) is 13.1. The molecule has 0 saturated heterocycles. The molecule has 10 aromatic carbocycles. The first-order valence-electron chi connectivity index (χ1n) is 21.9. The zero-order chi connectivity index (χ0) is 42.6. The van der Waals surface area contributed by atoms with Crippen molar-refractivity contribution < 1.29 is 4.42 Å². The fourth-order valence-electron chi connectivity index (χ4n) is 10.1. The van der Waals surface area contributed by atoms with Crippen LogP contribution in [0.2, 0.25) is 0 Å². The molecule has 4 heterocycles. The van der Waals surface area contributed by atoms with Crippen molar-refractivity contribution in [1.82, 2.24) is 24.1 Å². The summed E-state index contributed by atoms with van der Waals surface area (Å²) in [6.45, 7) is 0. The molecule has 0 spiro atoms. The maximum Gasteiger partial charge on any atom is 0.238 e. The van der Waals surface area contributed by atoms with Crippen molar-refractivity contribution in [1.29, 1.82) is 0 Å². The van der Waals surface area contributed by atoms with E-state index in [1.165, 1.54) is 21.5 Å². The number of nitrogens with zero attached hydrogens (tertiary/aromatic N) is 5. The molecule has 0 N–H and O–H groups in total. The molecule has 302 valence electrons. The molecule has 0 bridgehead atoms. The zero-order valence-corrected chi connectivity index (χ0v) is 34.9. The third-order valence-electron chi connectivity index (χ3n) is 13.1. The number of hydrogen-bond acceptors (Lipinski definition) is 4. The largest absolute Gasteiger partial charge is 0.455 e. The number of para-hydroxylation sites is 3. The fourth-order valence-corrected chi connectivity index (χ4v) is 10.1. The van der Waals surface area contributed by atoms with Gasteiger partial charge in [-0.25, -0.2) is 4.98 Å². The van der Waals surface area contributed by atoms with E-state index < -0.39 is 0 Å². The van der Waals surface area contributed by atoms with Crippen LogP contribution in [0, 0.1) is 0 Å². The average molecular weight is 830 g/mol. The van der Waals surface area contributed by atoms with Crippen LogP contribution < -0.4 is 0 Å². The second-order valence-electron chi connectivity index (χ2n) is 16.8. The Labute approximate surface area is 371 Å². The molecule has 6 nitrogen and oxygen atoms in total. The van der Waals surface area contributed by atoms with Crippen LogP contribution in [0.15, 0.2) is 217 Å². The van der Waals surface area contributed by atoms with Gasteiger partial charge in [-0.1, -0.05) is 152 Å². The van der Waals surface area contributed by atoms with E-state index in [1.54, 1.807) is 0 Å². The van der Waals surface area contributed by atoms with E-state index in [9.17, 15) is 0 Å². The van der Waals surface area contributed by atoms with Gasteiger partial charge in [0.2, 0.25) is 5.95 Å². The molecule has 0 aliphatic heterocycles. The summed E-state index contributed by atoms with van der Waals surface area (Å²) >= 11 is 0. The Morgan fingerprint density at radius 3 is 1.54 bits per heavy atom. The first kappa shape index (κ1) is 35.7. The predicted octanol–water partition coefficient (Wildman–Crippen LogP) is 15.3. The van der Waals surface area contributed by atoms with Crippen molar-refractivity contribution in [2.75, 3.05) is 0 Å². The molecule has 0 radical (unpaired) electrons. The second-order valence-corrected chi connectivity index (χ2v) is 16.8. The fraction of sp³-hybridized carbons (Fsp3) is 0. The lowest BCUT2D eigenvalue weighted by Crippen LogP contribution is -2.08. The minimum atomic E-state index is 0.508. The third kappa shape index (κ3) is 5.44. The SMILES string of the molecule is c1ccc(-c2cccc(-c3nc(-c4c(-n5c6cc7ccccc7cc6c6cc7ccccc7cc65)ccc5c4oc4ccccc45)nc(-n4c5ccccc5c5ccccc54)n3)c2)cc1. The Morgan fingerprint density at radius 1 is 0.323 bits per heavy atom. The van der Waals surface area contributed by atoms with Crippen LogP contribution in [0.25, 0.3) is 133 Å². The summed E-state index contributed by atoms with van der Waals surface area (Å²) in [5.41, 5.74) is 10.5. The molecule has 14 aromatic rings. The van der Waals surface area contributed by atoms with Gasteiger partial charge in [0.25, 0.3) is 0 Å². The Bertz CT molecular complexity index is 4110. The van der Waals surface area contributed by atoms with Crippen molar-refractivity contribution >= 4 is 87.1 Å². The van der Waals surface area contributed by atoms with Crippen LogP contribution in [0.4, 0.5) is 0 Å². The number of furan rings is 1. The predicted molar refractivity (Wildman–Crippen MR) is 267 cm³/mol. The Hall–Kier alpha value is -8.87. The molecule has 4 aromatic heterocycles. The van der Waals surface area contributed by atoms with Gasteiger partial charge >= 0.3 is 0 Å². The van der Waals surface area contributed by atoms with Crippen LogP contribution in [-0.2, 0) is 0 Å². The lowest BCUT2D eigenvalue weighted by atomic mass is 10.0. The van der Waals surface area contributed by atoms with Gasteiger partial charge in [-0.15, -0.1) is 0 Å². The van der Waals surface area contributed by atoms with Gasteiger partial charge in [0.15, 0.2) is 11.6 Å². The second kappa shape index (κ2) is 13.8. The average Bonchev–Trinajstić information content (AvgIpc) is 4.02. The van der Waals surface area contributed by atoms with Crippen molar-refractivity contribution in [2.45, 2.75) is 0 Å². The first-order valence-corrected chi connectivity index (χ1v) is 21.9. The van der Waals surface area contributed by atoms with Gasteiger partial charge in [-0.2, -0.15) is 9.97 Å². The van der Waals surface area contributed by atoms with Crippen molar-refractivity contribution in [3.05, 3.63) is 212 Å². The van der Waals surface area contributed by atoms with Crippen LogP contribution in [0.5, 0.6) is 0 Å². The summed E-state index contributed by atoms with van der Waals surface area (Å²) in [7, 11) is 0. The van der Waals surface area contributed by atoms with Gasteiger partial charge in [0, 0.05) is 37.9 Å². The molecule has 0 saturated carbocycles. The topological polar surface area (TPSA) is 61.7 Å². The van der Waals surface area contributed by atoms with Gasteiger partial charge in [-0.05, 0) is 93.3 Å². The number of hydrogen-bond donors (Lipinski definition) is 0. The van der Waals surface area contributed by atoms with Crippen molar-refractivity contribution in [3.63, 3.8) is 0 Å². The molecule has 0 fully saturated rings. The summed E-state index contributed by atoms with van der Waals surface area (Å²) in [5.74, 6) is 1.59. The summed E-state index contributed by atoms with van der Waals surface area (Å²) < 4.78 is 11.6. The smallest absolute Gasteiger partial charge is 0.238 e. The van der Waals surface area contributed by atoms with E-state index in [1.807, 2.05) is 18.2 Å². The van der Waals surface area contributed by atoms with E-state index in [0.717, 1.165) is 87.9 Å². The molecular formula is C59H35N5O. The first-order chi connectivity index (χ1) is 32.2. The molecule has 0 unspecified atom stereocenters. The van der Waals surface area contributed by atoms with E-state index >= 15 is 0 Å². The summed E-state index contributed by atoms with van der Waals surface area (Å²) in [6.07, 6.45) is 0. The molecule has 0 aliphatic rings. The number of benzene rings is 10. The number of aromatic nitrogens is 5. The Kier molecular flexibility index (Phi) is 7.59. The van der Waals surface area contributed by atoms with Gasteiger partial charge in [0.05, 0.1) is 33.3 Å². The van der Waals surface area contributed by atoms with Gasteiger partial charge in [0.1, 0.15) is 11.2 Å². The molecular weight excluding hydrogens is 795 g/mol. The standard InChI is InChI=1S/C59H35N5O/c1-2-15-36(16-3-1)37-21-14-22-42(31-37)57-60-58(62-59(61-57)64-49-26-11-8-23-43(49)44-24-9-12-27-50(44)64)55-51(30-29-46-45-25-10-13-28-54(45)65-56(46)55)63-52-34-40-19-6-4-17-38(40)32-47(52)48-33-39-18-5-7-20-41(39)35-53(48)63/h1-35H. The van der Waals surface area contributed by atoms with Crippen LogP contribution in [0.3, 0.4) is 0 Å². The highest BCUT2D eigenvalue weighted by molar-refractivity contribution is 6.18. The lowest BCUT2D eigenvalue weighted by molar-refractivity contribution is 0.669. The minimum absolute atomic E-state index is 0.508. The number of fused-ring (bicyclic) bond motifs is 11. The van der Waals surface area contributed by atoms with E-state index in [2.05, 4.69) is 203 Å². The van der Waals surface area contributed by atoms with Gasteiger partial charge < -0.3 is 8.98 Å². The minimum Gasteiger partial charge on any atom is -0.455 e. The highest BCUT2D eigenvalue weighted by Gasteiger charge is 2.26. The molecule has 14 rings (SSSR count). The maximum atomic E-state index is 7.01. The van der Waals surface area contributed by atoms with E-state index in [-0.39, 0.29) is 0 Å². The van der Waals surface area contributed by atoms with Crippen LogP contribution in [0.1, 0.15) is 0 Å². The summed E-state index contributed by atoms with van der Waals surface area (Å²) in [4.78, 5) is 16.5. The quantitative estimate of drug-likeness (QED) is 0.173. The van der Waals surface area contributed by atoms with E-state index in [4.69, 9.17) is 19.4 Å². The zero-order valence-electron chi connectivity index (χ0n) is 34.9. The molecule has 0 atom stereocenters. The van der Waals surface area contributed by atoms with Crippen molar-refractivity contribution in [3.8, 4) is 45.5 Å². The number of rotatable bonds is 5. The molecule has 6 heteroatoms. The summed E-state index contributed by atoms with van der Waals surface area (Å²) in [6, 6.07) is 75.1. The summed E-state index contributed by atoms with van der Waals surface area (Å²) in [5, 5.41) is 11.3. The highest BCUT2D eigenvalue weighted by Crippen LogP contribution is 2.44. The van der Waals surface area contributed by atoms with Crippen molar-refractivity contribution in [2.24, 2.45) is 0 Å². The normalized spacial score (nSPS) is 12.0. The van der Waals surface area contributed by atoms with Gasteiger partial charge in [-0.3, -0.25) is 4.57 Å². The van der Waals surface area contributed by atoms with Crippen LogP contribution in [-0.4, -0.2) is 24.1 Å². The Morgan fingerprint density at radius 2 is 0.862 bits per heavy atom. The van der Waals surface area contributed by atoms with E-state index in [0.29, 0.717) is 23.2 Å². The monoisotopic (exact) mass is 829 g/mol. The molecule has 0 aliphatic carbocycles. The lowest BCUT2D eigenvalue weighted by Gasteiger charge is -2.16.